The largest absolute Gasteiger partial charge is 0.396 e. The molecule has 62 valence electrons. The van der Waals surface area contributed by atoms with Gasteiger partial charge in [0.2, 0.25) is 0 Å². The quantitative estimate of drug-likeness (QED) is 0.675. The molecular weight excluding hydrogens is 174 g/mol. The van der Waals surface area contributed by atoms with Gasteiger partial charge < -0.3 is 5.73 Å². The fourth-order valence-corrected chi connectivity index (χ4v) is 1.29. The standard InChI is InChI=1S/C8H8ClN3/c1-5-3-11-12-4-7(10)6(9)2-8(5)12/h2-4H,10H2,1H3. The number of hydrogen-bond donors (Lipinski definition) is 1. The van der Waals surface area contributed by atoms with Crippen molar-refractivity contribution in [3.05, 3.63) is 29.0 Å². The first-order valence-corrected chi connectivity index (χ1v) is 3.95. The van der Waals surface area contributed by atoms with Gasteiger partial charge in [-0.1, -0.05) is 11.6 Å². The molecule has 2 aromatic rings. The number of nitrogen functional groups attached to an aromatic ring is 1. The lowest BCUT2D eigenvalue weighted by atomic mass is 10.3. The zero-order chi connectivity index (χ0) is 8.72. The lowest BCUT2D eigenvalue weighted by molar-refractivity contribution is 0.964. The van der Waals surface area contributed by atoms with E-state index in [4.69, 9.17) is 17.3 Å². The van der Waals surface area contributed by atoms with Crippen molar-refractivity contribution in [1.82, 2.24) is 9.61 Å². The molecule has 2 heterocycles. The van der Waals surface area contributed by atoms with Crippen molar-refractivity contribution in [2.45, 2.75) is 6.92 Å². The second-order valence-corrected chi connectivity index (χ2v) is 3.14. The average Bonchev–Trinajstić information content (AvgIpc) is 2.35. The van der Waals surface area contributed by atoms with E-state index in [2.05, 4.69) is 5.10 Å². The Bertz CT molecular complexity index is 433. The van der Waals surface area contributed by atoms with Crippen molar-refractivity contribution in [3.63, 3.8) is 0 Å². The molecule has 2 aromatic heterocycles. The zero-order valence-corrected chi connectivity index (χ0v) is 7.34. The van der Waals surface area contributed by atoms with Gasteiger partial charge in [-0.05, 0) is 18.6 Å². The Morgan fingerprint density at radius 3 is 3.08 bits per heavy atom. The third-order valence-electron chi connectivity index (χ3n) is 1.83. The molecule has 0 aliphatic rings. The number of nitrogens with zero attached hydrogens (tertiary/aromatic N) is 2. The van der Waals surface area contributed by atoms with Gasteiger partial charge in [-0.25, -0.2) is 4.52 Å². The molecule has 0 spiro atoms. The van der Waals surface area contributed by atoms with Crippen LogP contribution in [0.3, 0.4) is 0 Å². The minimum atomic E-state index is 0.548. The van der Waals surface area contributed by atoms with Crippen LogP contribution in [0.1, 0.15) is 5.56 Å². The maximum atomic E-state index is 5.85. The number of rotatable bonds is 0. The van der Waals surface area contributed by atoms with Crippen LogP contribution >= 0.6 is 11.6 Å². The highest BCUT2D eigenvalue weighted by Gasteiger charge is 2.02. The summed E-state index contributed by atoms with van der Waals surface area (Å²) in [6, 6.07) is 1.82. The summed E-state index contributed by atoms with van der Waals surface area (Å²) in [4.78, 5) is 0. The number of hydrogen-bond acceptors (Lipinski definition) is 2. The maximum Gasteiger partial charge on any atom is 0.0707 e. The topological polar surface area (TPSA) is 43.3 Å². The van der Waals surface area contributed by atoms with Crippen LogP contribution in [0, 0.1) is 6.92 Å². The number of nitrogens with two attached hydrogens (primary N) is 1. The number of aromatic nitrogens is 2. The van der Waals surface area contributed by atoms with Crippen molar-refractivity contribution in [1.29, 1.82) is 0 Å². The van der Waals surface area contributed by atoms with E-state index in [1.54, 1.807) is 16.9 Å². The van der Waals surface area contributed by atoms with Gasteiger partial charge in [0, 0.05) is 0 Å². The Kier molecular flexibility index (Phi) is 1.48. The molecule has 0 fully saturated rings. The second-order valence-electron chi connectivity index (χ2n) is 2.73. The first kappa shape index (κ1) is 7.43. The SMILES string of the molecule is Cc1cnn2cc(N)c(Cl)cc12. The summed E-state index contributed by atoms with van der Waals surface area (Å²) in [5.41, 5.74) is 8.24. The molecule has 0 atom stereocenters. The van der Waals surface area contributed by atoms with Crippen molar-refractivity contribution in [3.8, 4) is 0 Å². The number of fused-ring (bicyclic) bond motifs is 1. The molecule has 0 unspecified atom stereocenters. The Labute approximate surface area is 74.7 Å². The smallest absolute Gasteiger partial charge is 0.0707 e. The van der Waals surface area contributed by atoms with E-state index in [-0.39, 0.29) is 0 Å². The Morgan fingerprint density at radius 1 is 1.58 bits per heavy atom. The van der Waals surface area contributed by atoms with Gasteiger partial charge >= 0.3 is 0 Å². The summed E-state index contributed by atoms with van der Waals surface area (Å²) < 4.78 is 1.72. The Balaban J connectivity index is 2.87. The highest BCUT2D eigenvalue weighted by atomic mass is 35.5. The van der Waals surface area contributed by atoms with Crippen molar-refractivity contribution >= 4 is 22.8 Å². The van der Waals surface area contributed by atoms with Crippen molar-refractivity contribution in [2.75, 3.05) is 5.73 Å². The molecule has 0 aromatic carbocycles. The monoisotopic (exact) mass is 181 g/mol. The first-order chi connectivity index (χ1) is 5.68. The average molecular weight is 182 g/mol. The number of anilines is 1. The summed E-state index contributed by atoms with van der Waals surface area (Å²) >= 11 is 5.85. The van der Waals surface area contributed by atoms with Crippen LogP contribution in [0.5, 0.6) is 0 Å². The molecule has 0 aliphatic carbocycles. The highest BCUT2D eigenvalue weighted by molar-refractivity contribution is 6.33. The minimum Gasteiger partial charge on any atom is -0.396 e. The molecular formula is C8H8ClN3. The van der Waals surface area contributed by atoms with E-state index in [1.807, 2.05) is 13.0 Å². The molecule has 0 radical (unpaired) electrons. The predicted octanol–water partition coefficient (Wildman–Crippen LogP) is 1.88. The van der Waals surface area contributed by atoms with E-state index in [1.165, 1.54) is 0 Å². The third kappa shape index (κ3) is 0.940. The summed E-state index contributed by atoms with van der Waals surface area (Å²) in [5.74, 6) is 0. The van der Waals surface area contributed by atoms with Crippen molar-refractivity contribution < 1.29 is 0 Å². The molecule has 0 saturated heterocycles. The molecule has 0 amide bonds. The highest BCUT2D eigenvalue weighted by Crippen LogP contribution is 2.21. The molecule has 2 N–H and O–H groups in total. The molecule has 2 rings (SSSR count). The lowest BCUT2D eigenvalue weighted by Gasteiger charge is -1.99. The summed E-state index contributed by atoms with van der Waals surface area (Å²) in [5, 5.41) is 4.67. The zero-order valence-electron chi connectivity index (χ0n) is 6.58. The van der Waals surface area contributed by atoms with Gasteiger partial charge in [0.15, 0.2) is 0 Å². The van der Waals surface area contributed by atoms with E-state index in [0.717, 1.165) is 11.1 Å². The summed E-state index contributed by atoms with van der Waals surface area (Å²) in [6.07, 6.45) is 3.50. The van der Waals surface area contributed by atoms with Gasteiger partial charge in [0.05, 0.1) is 28.6 Å². The van der Waals surface area contributed by atoms with Crippen molar-refractivity contribution in [2.24, 2.45) is 0 Å². The van der Waals surface area contributed by atoms with Crippen LogP contribution in [-0.2, 0) is 0 Å². The summed E-state index contributed by atoms with van der Waals surface area (Å²) in [6.45, 7) is 1.98. The number of pyridine rings is 1. The van der Waals surface area contributed by atoms with Gasteiger partial charge in [-0.2, -0.15) is 5.10 Å². The third-order valence-corrected chi connectivity index (χ3v) is 2.15. The van der Waals surface area contributed by atoms with Crippen LogP contribution in [0.4, 0.5) is 5.69 Å². The fourth-order valence-electron chi connectivity index (χ4n) is 1.14. The second kappa shape index (κ2) is 2.38. The van der Waals surface area contributed by atoms with Crippen LogP contribution < -0.4 is 5.73 Å². The van der Waals surface area contributed by atoms with E-state index in [9.17, 15) is 0 Å². The normalized spacial score (nSPS) is 10.8. The van der Waals surface area contributed by atoms with Gasteiger partial charge in [0.1, 0.15) is 0 Å². The van der Waals surface area contributed by atoms with Crippen LogP contribution in [-0.4, -0.2) is 9.61 Å². The van der Waals surface area contributed by atoms with Crippen LogP contribution in [0.15, 0.2) is 18.5 Å². The molecule has 0 bridgehead atoms. The van der Waals surface area contributed by atoms with Crippen LogP contribution in [0.2, 0.25) is 5.02 Å². The molecule has 12 heavy (non-hydrogen) atoms. The molecule has 0 saturated carbocycles. The van der Waals surface area contributed by atoms with Gasteiger partial charge in [-0.3, -0.25) is 0 Å². The van der Waals surface area contributed by atoms with E-state index in [0.29, 0.717) is 10.7 Å². The minimum absolute atomic E-state index is 0.548. The molecule has 0 aliphatic heterocycles. The summed E-state index contributed by atoms with van der Waals surface area (Å²) in [7, 11) is 0. The van der Waals surface area contributed by atoms with Crippen LogP contribution in [0.25, 0.3) is 5.52 Å². The predicted molar refractivity (Wildman–Crippen MR) is 49.4 cm³/mol. The first-order valence-electron chi connectivity index (χ1n) is 3.57. The van der Waals surface area contributed by atoms with E-state index < -0.39 is 0 Å². The van der Waals surface area contributed by atoms with E-state index >= 15 is 0 Å². The van der Waals surface area contributed by atoms with Gasteiger partial charge in [0.25, 0.3) is 0 Å². The fraction of sp³-hybridized carbons (Fsp3) is 0.125. The Hall–Kier alpha value is -1.22. The molecule has 3 nitrogen and oxygen atoms in total. The molecule has 4 heteroatoms. The Morgan fingerprint density at radius 2 is 2.33 bits per heavy atom. The maximum absolute atomic E-state index is 5.85. The van der Waals surface area contributed by atoms with Gasteiger partial charge in [-0.15, -0.1) is 0 Å². The number of halogens is 1. The number of aryl methyl sites for hydroxylation is 1. The lowest BCUT2D eigenvalue weighted by Crippen LogP contribution is -1.92.